The molecular formula is C29H31ClFN5O4. The Morgan fingerprint density at radius 2 is 1.73 bits per heavy atom. The molecule has 0 radical (unpaired) electrons. The van der Waals surface area contributed by atoms with Crippen LogP contribution in [0.1, 0.15) is 42.5 Å². The summed E-state index contributed by atoms with van der Waals surface area (Å²) in [6.45, 7) is 0.436. The number of hydrogen-bond acceptors (Lipinski definition) is 8. The highest BCUT2D eigenvalue weighted by Gasteiger charge is 2.59. The van der Waals surface area contributed by atoms with E-state index in [9.17, 15) is 5.11 Å². The van der Waals surface area contributed by atoms with Crippen LogP contribution in [0.4, 0.5) is 10.2 Å². The summed E-state index contributed by atoms with van der Waals surface area (Å²) in [4.78, 5) is 8.72. The van der Waals surface area contributed by atoms with Gasteiger partial charge in [0, 0.05) is 6.04 Å². The summed E-state index contributed by atoms with van der Waals surface area (Å²) >= 11 is 6.26. The number of halogens is 2. The van der Waals surface area contributed by atoms with Crippen LogP contribution in [0.15, 0.2) is 66.9 Å². The quantitative estimate of drug-likeness (QED) is 0.281. The van der Waals surface area contributed by atoms with Crippen molar-refractivity contribution in [1.82, 2.24) is 19.6 Å². The SMILES string of the molecule is O[C@]1(c2cnc3c(NC4CCCC4)nc(Cl)nn23)OC(COCc2ccccc2)[C@@H](OCc2ccccc2)[C@@H]1F. The van der Waals surface area contributed by atoms with Gasteiger partial charge in [-0.2, -0.15) is 4.98 Å². The molecule has 4 atom stereocenters. The second-order valence-corrected chi connectivity index (χ2v) is 10.6. The lowest BCUT2D eigenvalue weighted by Gasteiger charge is -2.24. The van der Waals surface area contributed by atoms with Crippen LogP contribution in [0.2, 0.25) is 5.28 Å². The van der Waals surface area contributed by atoms with Crippen molar-refractivity contribution in [1.29, 1.82) is 0 Å². The molecular weight excluding hydrogens is 537 g/mol. The monoisotopic (exact) mass is 567 g/mol. The summed E-state index contributed by atoms with van der Waals surface area (Å²) < 4.78 is 35.5. The first-order valence-electron chi connectivity index (χ1n) is 13.5. The van der Waals surface area contributed by atoms with Gasteiger partial charge in [-0.25, -0.2) is 13.9 Å². The van der Waals surface area contributed by atoms with Gasteiger partial charge in [0.1, 0.15) is 17.9 Å². The van der Waals surface area contributed by atoms with Gasteiger partial charge >= 0.3 is 0 Å². The first-order chi connectivity index (χ1) is 19.5. The van der Waals surface area contributed by atoms with Crippen molar-refractivity contribution >= 4 is 23.1 Å². The Morgan fingerprint density at radius 1 is 1.05 bits per heavy atom. The Morgan fingerprint density at radius 3 is 2.42 bits per heavy atom. The number of nitrogens with zero attached hydrogens (tertiary/aromatic N) is 4. The van der Waals surface area contributed by atoms with Gasteiger partial charge in [0.25, 0.3) is 0 Å². The molecule has 1 saturated carbocycles. The first-order valence-corrected chi connectivity index (χ1v) is 13.9. The molecule has 2 aromatic carbocycles. The highest BCUT2D eigenvalue weighted by molar-refractivity contribution is 6.28. The van der Waals surface area contributed by atoms with E-state index in [1.807, 2.05) is 60.7 Å². The highest BCUT2D eigenvalue weighted by Crippen LogP contribution is 2.42. The minimum Gasteiger partial charge on any atom is -0.374 e. The second kappa shape index (κ2) is 11.8. The van der Waals surface area contributed by atoms with Gasteiger partial charge in [-0.1, -0.05) is 73.5 Å². The molecule has 40 heavy (non-hydrogen) atoms. The van der Waals surface area contributed by atoms with E-state index < -0.39 is 24.2 Å². The van der Waals surface area contributed by atoms with Crippen molar-refractivity contribution < 1.29 is 23.7 Å². The van der Waals surface area contributed by atoms with Crippen LogP contribution < -0.4 is 5.32 Å². The summed E-state index contributed by atoms with van der Waals surface area (Å²) in [5, 5.41) is 19.3. The van der Waals surface area contributed by atoms with Crippen LogP contribution in [-0.4, -0.2) is 55.7 Å². The fraction of sp³-hybridized carbons (Fsp3) is 0.414. The summed E-state index contributed by atoms with van der Waals surface area (Å²) in [7, 11) is 0. The van der Waals surface area contributed by atoms with Crippen LogP contribution in [0, 0.1) is 0 Å². The Labute approximate surface area is 236 Å². The van der Waals surface area contributed by atoms with Gasteiger partial charge < -0.3 is 24.6 Å². The lowest BCUT2D eigenvalue weighted by Crippen LogP contribution is -2.40. The van der Waals surface area contributed by atoms with Gasteiger partial charge in [-0.3, -0.25) is 0 Å². The smallest absolute Gasteiger partial charge is 0.247 e. The molecule has 2 aromatic heterocycles. The second-order valence-electron chi connectivity index (χ2n) is 10.3. The van der Waals surface area contributed by atoms with Crippen LogP contribution in [0.25, 0.3) is 5.65 Å². The molecule has 9 nitrogen and oxygen atoms in total. The molecule has 2 N–H and O–H groups in total. The van der Waals surface area contributed by atoms with Crippen LogP contribution in [0.3, 0.4) is 0 Å². The predicted octanol–water partition coefficient (Wildman–Crippen LogP) is 4.82. The molecule has 0 spiro atoms. The lowest BCUT2D eigenvalue weighted by molar-refractivity contribution is -0.232. The Bertz CT molecular complexity index is 1420. The van der Waals surface area contributed by atoms with E-state index >= 15 is 4.39 Å². The fourth-order valence-electron chi connectivity index (χ4n) is 5.39. The van der Waals surface area contributed by atoms with E-state index in [0.29, 0.717) is 18.1 Å². The third-order valence-corrected chi connectivity index (χ3v) is 7.60. The zero-order valence-corrected chi connectivity index (χ0v) is 22.6. The maximum atomic E-state index is 16.3. The first kappa shape index (κ1) is 27.0. The average molecular weight is 568 g/mol. The van der Waals surface area contributed by atoms with Gasteiger partial charge in [-0.15, -0.1) is 5.10 Å². The molecule has 0 bridgehead atoms. The van der Waals surface area contributed by atoms with E-state index in [1.165, 1.54) is 10.7 Å². The molecule has 2 fully saturated rings. The van der Waals surface area contributed by atoms with Crippen molar-refractivity contribution in [3.63, 3.8) is 0 Å². The van der Waals surface area contributed by atoms with Gasteiger partial charge in [0.2, 0.25) is 11.1 Å². The number of benzene rings is 2. The Balaban J connectivity index is 1.27. The molecule has 1 aliphatic heterocycles. The number of aliphatic hydroxyl groups is 1. The number of nitrogens with one attached hydrogen (secondary N) is 1. The Kier molecular flexibility index (Phi) is 7.95. The number of imidazole rings is 1. The average Bonchev–Trinajstić information content (AvgIpc) is 3.69. The number of anilines is 1. The number of ether oxygens (including phenoxy) is 3. The third-order valence-electron chi connectivity index (χ3n) is 7.44. The number of hydrogen-bond donors (Lipinski definition) is 2. The summed E-state index contributed by atoms with van der Waals surface area (Å²) in [6, 6.07) is 19.3. The zero-order chi connectivity index (χ0) is 27.5. The van der Waals surface area contributed by atoms with E-state index in [4.69, 9.17) is 25.8 Å². The maximum Gasteiger partial charge on any atom is 0.247 e. The summed E-state index contributed by atoms with van der Waals surface area (Å²) in [5.74, 6) is -1.99. The number of rotatable bonds is 10. The number of aromatic nitrogens is 4. The van der Waals surface area contributed by atoms with Crippen LogP contribution in [0.5, 0.6) is 0 Å². The molecule has 2 aliphatic rings. The molecule has 3 heterocycles. The van der Waals surface area contributed by atoms with Crippen molar-refractivity contribution in [2.45, 2.75) is 69.1 Å². The predicted molar refractivity (Wildman–Crippen MR) is 146 cm³/mol. The molecule has 11 heteroatoms. The van der Waals surface area contributed by atoms with Crippen molar-refractivity contribution in [2.24, 2.45) is 0 Å². The van der Waals surface area contributed by atoms with E-state index in [0.717, 1.165) is 36.8 Å². The molecule has 1 saturated heterocycles. The van der Waals surface area contributed by atoms with E-state index in [1.54, 1.807) is 0 Å². The minimum absolute atomic E-state index is 0.00194. The largest absolute Gasteiger partial charge is 0.374 e. The van der Waals surface area contributed by atoms with Crippen LogP contribution in [-0.2, 0) is 33.2 Å². The molecule has 6 rings (SSSR count). The molecule has 210 valence electrons. The van der Waals surface area contributed by atoms with E-state index in [2.05, 4.69) is 20.4 Å². The zero-order valence-electron chi connectivity index (χ0n) is 21.8. The fourth-order valence-corrected chi connectivity index (χ4v) is 5.55. The lowest BCUT2D eigenvalue weighted by atomic mass is 10.0. The number of alkyl halides is 1. The third kappa shape index (κ3) is 5.55. The topological polar surface area (TPSA) is 103 Å². The molecule has 4 aromatic rings. The van der Waals surface area contributed by atoms with Gasteiger partial charge in [-0.05, 0) is 35.6 Å². The number of fused-ring (bicyclic) bond motifs is 1. The van der Waals surface area contributed by atoms with Crippen molar-refractivity contribution in [3.05, 3.63) is 89.0 Å². The van der Waals surface area contributed by atoms with E-state index in [-0.39, 0.29) is 30.2 Å². The summed E-state index contributed by atoms with van der Waals surface area (Å²) in [5.41, 5.74) is 2.14. The molecule has 1 aliphatic carbocycles. The minimum atomic E-state index is -2.41. The maximum absolute atomic E-state index is 16.3. The summed E-state index contributed by atoms with van der Waals surface area (Å²) in [6.07, 6.45) is 1.60. The van der Waals surface area contributed by atoms with Crippen molar-refractivity contribution in [2.75, 3.05) is 11.9 Å². The normalized spacial score (nSPS) is 25.1. The molecule has 1 unspecified atom stereocenters. The highest BCUT2D eigenvalue weighted by atomic mass is 35.5. The van der Waals surface area contributed by atoms with Crippen LogP contribution >= 0.6 is 11.6 Å². The Hall–Kier alpha value is -3.15. The van der Waals surface area contributed by atoms with Gasteiger partial charge in [0.05, 0.1) is 26.0 Å². The van der Waals surface area contributed by atoms with Gasteiger partial charge in [0.15, 0.2) is 17.6 Å². The van der Waals surface area contributed by atoms with Crippen molar-refractivity contribution in [3.8, 4) is 0 Å². The molecule has 0 amide bonds. The standard InChI is InChI=1S/C29H31ClFN5O4/c30-28-34-26(33-21-13-7-8-14-21)27-32-15-23(36(27)35-28)29(37)25(31)24(39-17-20-11-5-2-6-12-20)22(40-29)18-38-16-19-9-3-1-4-10-19/h1-6,9-12,15,21-22,24-25,37H,7-8,13-14,16-18H2,(H,33,34,35)/t22?,24-,25+,29-/m1/s1.